The van der Waals surface area contributed by atoms with Crippen molar-refractivity contribution in [2.24, 2.45) is 0 Å². The van der Waals surface area contributed by atoms with E-state index in [1.807, 2.05) is 19.3 Å². The van der Waals surface area contributed by atoms with Crippen LogP contribution in [-0.2, 0) is 0 Å². The Morgan fingerprint density at radius 3 is 2.90 bits per heavy atom. The summed E-state index contributed by atoms with van der Waals surface area (Å²) in [5, 5.41) is 3.86. The molecule has 0 spiro atoms. The van der Waals surface area contributed by atoms with Gasteiger partial charge in [-0.05, 0) is 6.07 Å². The molecule has 0 aliphatic heterocycles. The zero-order valence-electron chi connectivity index (χ0n) is 11.1. The molecule has 20 heavy (non-hydrogen) atoms. The first-order valence-electron chi connectivity index (χ1n) is 6.05. The Morgan fingerprint density at radius 1 is 1.35 bits per heavy atom. The predicted octanol–water partition coefficient (Wildman–Crippen LogP) is 1.65. The van der Waals surface area contributed by atoms with Gasteiger partial charge in [0.05, 0.1) is 18.2 Å². The van der Waals surface area contributed by atoms with Crippen LogP contribution in [0.1, 0.15) is 0 Å². The Bertz CT molecular complexity index is 767. The molecule has 3 aromatic heterocycles. The van der Waals surface area contributed by atoms with Crippen molar-refractivity contribution in [2.45, 2.75) is 0 Å². The van der Waals surface area contributed by atoms with Gasteiger partial charge in [-0.25, -0.2) is 15.0 Å². The van der Waals surface area contributed by atoms with Crippen molar-refractivity contribution < 1.29 is 4.74 Å². The Morgan fingerprint density at radius 2 is 2.20 bits per heavy atom. The molecule has 3 rings (SSSR count). The second-order valence-electron chi connectivity index (χ2n) is 4.19. The molecule has 0 saturated carbocycles. The number of hydrogen-bond donors (Lipinski definition) is 3. The number of nitrogen functional groups attached to an aromatic ring is 1. The van der Waals surface area contributed by atoms with Crippen LogP contribution < -0.4 is 15.8 Å². The number of hydrogen-bond acceptors (Lipinski definition) is 6. The van der Waals surface area contributed by atoms with Gasteiger partial charge in [-0.15, -0.1) is 0 Å². The number of nitrogens with zero attached hydrogens (tertiary/aromatic N) is 3. The highest BCUT2D eigenvalue weighted by atomic mass is 16.5. The first-order chi connectivity index (χ1) is 9.72. The van der Waals surface area contributed by atoms with Gasteiger partial charge in [-0.2, -0.15) is 0 Å². The van der Waals surface area contributed by atoms with Crippen LogP contribution in [0.5, 0.6) is 5.75 Å². The zero-order valence-corrected chi connectivity index (χ0v) is 11.1. The number of aromatic nitrogens is 4. The van der Waals surface area contributed by atoms with Crippen molar-refractivity contribution in [3.8, 4) is 17.0 Å². The Labute approximate surface area is 115 Å². The second kappa shape index (κ2) is 4.69. The summed E-state index contributed by atoms with van der Waals surface area (Å²) >= 11 is 0. The lowest BCUT2D eigenvalue weighted by Gasteiger charge is -2.07. The van der Waals surface area contributed by atoms with Gasteiger partial charge in [0.15, 0.2) is 0 Å². The third-order valence-corrected chi connectivity index (χ3v) is 3.03. The largest absolute Gasteiger partial charge is 0.496 e. The van der Waals surface area contributed by atoms with E-state index in [1.54, 1.807) is 19.4 Å². The molecule has 0 fully saturated rings. The molecule has 3 heterocycles. The van der Waals surface area contributed by atoms with E-state index in [-0.39, 0.29) is 5.95 Å². The number of anilines is 2. The van der Waals surface area contributed by atoms with Gasteiger partial charge in [0, 0.05) is 31.1 Å². The maximum atomic E-state index is 5.64. The number of nitrogens with one attached hydrogen (secondary N) is 2. The molecule has 0 amide bonds. The molecule has 0 bridgehead atoms. The van der Waals surface area contributed by atoms with Gasteiger partial charge in [-0.1, -0.05) is 0 Å². The average molecular weight is 270 g/mol. The maximum Gasteiger partial charge on any atom is 0.220 e. The monoisotopic (exact) mass is 270 g/mol. The summed E-state index contributed by atoms with van der Waals surface area (Å²) in [7, 11) is 3.43. The van der Waals surface area contributed by atoms with Gasteiger partial charge in [0.25, 0.3) is 0 Å². The molecule has 0 atom stereocenters. The molecule has 4 N–H and O–H groups in total. The van der Waals surface area contributed by atoms with Gasteiger partial charge in [-0.3, -0.25) is 0 Å². The molecule has 0 aliphatic carbocycles. The molecule has 0 unspecified atom stereocenters. The number of aromatic amines is 1. The van der Waals surface area contributed by atoms with Crippen molar-refractivity contribution in [1.29, 1.82) is 0 Å². The third kappa shape index (κ3) is 1.89. The molecule has 102 valence electrons. The van der Waals surface area contributed by atoms with Crippen LogP contribution >= 0.6 is 0 Å². The van der Waals surface area contributed by atoms with Crippen molar-refractivity contribution in [3.05, 3.63) is 24.5 Å². The minimum absolute atomic E-state index is 0.232. The van der Waals surface area contributed by atoms with Crippen molar-refractivity contribution in [3.63, 3.8) is 0 Å². The molecular weight excluding hydrogens is 256 g/mol. The summed E-state index contributed by atoms with van der Waals surface area (Å²) in [6.07, 6.45) is 3.46. The number of H-pyrrole nitrogens is 1. The molecule has 0 aliphatic rings. The zero-order chi connectivity index (χ0) is 14.1. The summed E-state index contributed by atoms with van der Waals surface area (Å²) in [6, 6.07) is 3.63. The van der Waals surface area contributed by atoms with Gasteiger partial charge < -0.3 is 20.8 Å². The van der Waals surface area contributed by atoms with E-state index in [2.05, 4.69) is 25.3 Å². The minimum Gasteiger partial charge on any atom is -0.496 e. The van der Waals surface area contributed by atoms with E-state index < -0.39 is 0 Å². The smallest absolute Gasteiger partial charge is 0.220 e. The normalized spacial score (nSPS) is 10.7. The predicted molar refractivity (Wildman–Crippen MR) is 77.6 cm³/mol. The molecule has 7 nitrogen and oxygen atoms in total. The van der Waals surface area contributed by atoms with Gasteiger partial charge in [0.2, 0.25) is 5.95 Å². The van der Waals surface area contributed by atoms with Crippen LogP contribution in [0.25, 0.3) is 22.3 Å². The Hall–Kier alpha value is -2.83. The third-order valence-electron chi connectivity index (χ3n) is 3.03. The molecule has 0 aromatic carbocycles. The minimum atomic E-state index is 0.232. The SMILES string of the molecule is CNc1cc(OC)c2c(-c3ccnc(N)n3)c[nH]c2n1. The van der Waals surface area contributed by atoms with Crippen LogP contribution in [-0.4, -0.2) is 34.1 Å². The molecule has 3 aromatic rings. The highest BCUT2D eigenvalue weighted by Crippen LogP contribution is 2.35. The first-order valence-corrected chi connectivity index (χ1v) is 6.05. The van der Waals surface area contributed by atoms with E-state index in [4.69, 9.17) is 10.5 Å². The van der Waals surface area contributed by atoms with Crippen molar-refractivity contribution in [1.82, 2.24) is 19.9 Å². The lowest BCUT2D eigenvalue weighted by atomic mass is 10.1. The second-order valence-corrected chi connectivity index (χ2v) is 4.19. The molecule has 7 heteroatoms. The molecule has 0 saturated heterocycles. The highest BCUT2D eigenvalue weighted by molar-refractivity contribution is 5.98. The van der Waals surface area contributed by atoms with Crippen molar-refractivity contribution >= 4 is 22.8 Å². The number of fused-ring (bicyclic) bond motifs is 1. The van der Waals surface area contributed by atoms with Crippen LogP contribution in [0.3, 0.4) is 0 Å². The number of pyridine rings is 1. The number of nitrogens with two attached hydrogens (primary N) is 1. The standard InChI is InChI=1S/C13H14N6O/c1-15-10-5-9(20-2)11-7(6-17-12(11)19-10)8-3-4-16-13(14)18-8/h3-6H,1-2H3,(H2,14,16,18)(H2,15,17,19). The summed E-state index contributed by atoms with van der Waals surface area (Å²) in [6.45, 7) is 0. The summed E-state index contributed by atoms with van der Waals surface area (Å²) in [5.74, 6) is 1.67. The van der Waals surface area contributed by atoms with Crippen LogP contribution in [0.2, 0.25) is 0 Å². The number of rotatable bonds is 3. The average Bonchev–Trinajstić information content (AvgIpc) is 2.90. The Kier molecular flexibility index (Phi) is 2.86. The van der Waals surface area contributed by atoms with E-state index >= 15 is 0 Å². The van der Waals surface area contributed by atoms with E-state index in [9.17, 15) is 0 Å². The lowest BCUT2D eigenvalue weighted by molar-refractivity contribution is 0.420. The summed E-state index contributed by atoms with van der Waals surface area (Å²) < 4.78 is 5.45. The highest BCUT2D eigenvalue weighted by Gasteiger charge is 2.15. The van der Waals surface area contributed by atoms with Gasteiger partial charge >= 0.3 is 0 Å². The topological polar surface area (TPSA) is 102 Å². The van der Waals surface area contributed by atoms with Crippen LogP contribution in [0, 0.1) is 0 Å². The van der Waals surface area contributed by atoms with E-state index in [0.29, 0.717) is 5.75 Å². The fourth-order valence-electron chi connectivity index (χ4n) is 2.11. The molecule has 0 radical (unpaired) electrons. The Balaban J connectivity index is 2.27. The van der Waals surface area contributed by atoms with E-state index in [1.165, 1.54) is 0 Å². The number of ether oxygens (including phenoxy) is 1. The fraction of sp³-hybridized carbons (Fsp3) is 0.154. The van der Waals surface area contributed by atoms with Crippen LogP contribution in [0.15, 0.2) is 24.5 Å². The quantitative estimate of drug-likeness (QED) is 0.669. The van der Waals surface area contributed by atoms with Crippen molar-refractivity contribution in [2.75, 3.05) is 25.2 Å². The lowest BCUT2D eigenvalue weighted by Crippen LogP contribution is -1.96. The first kappa shape index (κ1) is 12.2. The maximum absolute atomic E-state index is 5.64. The number of methoxy groups -OCH3 is 1. The van der Waals surface area contributed by atoms with Gasteiger partial charge in [0.1, 0.15) is 17.2 Å². The molecular formula is C13H14N6O. The van der Waals surface area contributed by atoms with E-state index in [0.717, 1.165) is 28.1 Å². The fourth-order valence-corrected chi connectivity index (χ4v) is 2.11. The summed E-state index contributed by atoms with van der Waals surface area (Å²) in [5.41, 5.74) is 7.96. The summed E-state index contributed by atoms with van der Waals surface area (Å²) in [4.78, 5) is 15.7. The van der Waals surface area contributed by atoms with Crippen LogP contribution in [0.4, 0.5) is 11.8 Å².